The molecule has 0 spiro atoms. The number of rotatable bonds is 7. The Labute approximate surface area is 238 Å². The molecule has 0 aliphatic rings. The van der Waals surface area contributed by atoms with Crippen molar-refractivity contribution in [1.29, 1.82) is 0 Å². The molecule has 198 valence electrons. The Morgan fingerprint density at radius 1 is 0.775 bits per heavy atom. The molecule has 7 heteroatoms. The summed E-state index contributed by atoms with van der Waals surface area (Å²) in [6.07, 6.45) is 3.03. The minimum atomic E-state index is -3.27. The second-order valence-electron chi connectivity index (χ2n) is 9.83. The second kappa shape index (κ2) is 10.7. The van der Waals surface area contributed by atoms with E-state index in [0.717, 1.165) is 43.7 Å². The summed E-state index contributed by atoms with van der Waals surface area (Å²) in [6, 6.07) is 34.1. The predicted molar refractivity (Wildman–Crippen MR) is 165 cm³/mol. The zero-order valence-electron chi connectivity index (χ0n) is 22.1. The van der Waals surface area contributed by atoms with Crippen LogP contribution in [0.4, 0.5) is 5.82 Å². The van der Waals surface area contributed by atoms with Gasteiger partial charge in [-0.05, 0) is 65.2 Å². The van der Waals surface area contributed by atoms with Gasteiger partial charge in [0.25, 0.3) is 0 Å². The highest BCUT2D eigenvalue weighted by molar-refractivity contribution is 7.90. The quantitative estimate of drug-likeness (QED) is 0.214. The van der Waals surface area contributed by atoms with E-state index in [1.54, 1.807) is 23.5 Å². The van der Waals surface area contributed by atoms with Gasteiger partial charge in [0, 0.05) is 30.1 Å². The number of benzene rings is 4. The Balaban J connectivity index is 1.35. The number of anilines is 1. The van der Waals surface area contributed by atoms with Gasteiger partial charge < -0.3 is 5.32 Å². The molecule has 0 atom stereocenters. The normalized spacial score (nSPS) is 11.6. The average molecular weight is 562 g/mol. The van der Waals surface area contributed by atoms with Gasteiger partial charge in [-0.1, -0.05) is 72.3 Å². The average Bonchev–Trinajstić information content (AvgIpc) is 3.42. The summed E-state index contributed by atoms with van der Waals surface area (Å²) < 4.78 is 23.9. The Morgan fingerprint density at radius 3 is 2.35 bits per heavy atom. The van der Waals surface area contributed by atoms with E-state index in [-0.39, 0.29) is 0 Å². The number of aryl methyl sites for hydroxylation is 1. The van der Waals surface area contributed by atoms with E-state index in [9.17, 15) is 8.42 Å². The van der Waals surface area contributed by atoms with Crippen LogP contribution in [0.5, 0.6) is 0 Å². The highest BCUT2D eigenvalue weighted by Crippen LogP contribution is 2.41. The first-order chi connectivity index (χ1) is 19.3. The number of hydrogen-bond acceptors (Lipinski definition) is 6. The molecule has 0 fully saturated rings. The zero-order chi connectivity index (χ0) is 27.7. The van der Waals surface area contributed by atoms with Crippen molar-refractivity contribution < 1.29 is 8.42 Å². The number of fused-ring (bicyclic) bond motifs is 1. The van der Waals surface area contributed by atoms with Crippen molar-refractivity contribution in [2.24, 2.45) is 0 Å². The molecule has 0 aliphatic carbocycles. The van der Waals surface area contributed by atoms with Crippen LogP contribution < -0.4 is 5.32 Å². The lowest BCUT2D eigenvalue weighted by Gasteiger charge is -2.09. The molecule has 0 bridgehead atoms. The maximum Gasteiger partial charge on any atom is 0.175 e. The van der Waals surface area contributed by atoms with Gasteiger partial charge in [-0.25, -0.2) is 18.4 Å². The van der Waals surface area contributed by atoms with E-state index in [4.69, 9.17) is 4.98 Å². The minimum Gasteiger partial charge on any atom is -0.366 e. The van der Waals surface area contributed by atoms with Crippen molar-refractivity contribution in [3.63, 3.8) is 0 Å². The molecule has 0 saturated carbocycles. The lowest BCUT2D eigenvalue weighted by molar-refractivity contribution is 0.602. The zero-order valence-corrected chi connectivity index (χ0v) is 23.8. The maximum atomic E-state index is 11.9. The standard InChI is InChI=1S/C33H27N3O2S2/c1-22-6-5-9-27(18-22)31-32(39-33(36-31)25-12-14-29(15-13-25)40(2,37)38)28-16-17-34-30(20-28)35-21-23-10-11-24-7-3-4-8-26(24)19-23/h3-20H,21H2,1-2H3,(H,34,35). The van der Waals surface area contributed by atoms with Crippen molar-refractivity contribution in [3.8, 4) is 32.3 Å². The van der Waals surface area contributed by atoms with Crippen LogP contribution in [-0.4, -0.2) is 24.6 Å². The largest absolute Gasteiger partial charge is 0.366 e. The number of nitrogens with one attached hydrogen (secondary N) is 1. The number of nitrogens with zero attached hydrogens (tertiary/aromatic N) is 2. The minimum absolute atomic E-state index is 0.295. The first-order valence-corrected chi connectivity index (χ1v) is 15.6. The number of pyridine rings is 1. The van der Waals surface area contributed by atoms with Gasteiger partial charge in [-0.2, -0.15) is 0 Å². The molecule has 2 heterocycles. The Morgan fingerprint density at radius 2 is 1.57 bits per heavy atom. The van der Waals surface area contributed by atoms with E-state index in [0.29, 0.717) is 11.4 Å². The van der Waals surface area contributed by atoms with Gasteiger partial charge in [0.05, 0.1) is 15.5 Å². The molecule has 1 N–H and O–H groups in total. The van der Waals surface area contributed by atoms with Gasteiger partial charge in [0.15, 0.2) is 9.84 Å². The third-order valence-electron chi connectivity index (χ3n) is 6.76. The van der Waals surface area contributed by atoms with E-state index < -0.39 is 9.84 Å². The number of sulfone groups is 1. The van der Waals surface area contributed by atoms with Crippen LogP contribution in [0.25, 0.3) is 43.0 Å². The number of thiazole rings is 1. The van der Waals surface area contributed by atoms with Gasteiger partial charge in [0.2, 0.25) is 0 Å². The molecule has 6 rings (SSSR count). The summed E-state index contributed by atoms with van der Waals surface area (Å²) in [5.41, 5.74) is 6.16. The first kappa shape index (κ1) is 25.9. The van der Waals surface area contributed by atoms with Crippen LogP contribution in [0, 0.1) is 6.92 Å². The lowest BCUT2D eigenvalue weighted by atomic mass is 10.1. The van der Waals surface area contributed by atoms with Gasteiger partial charge >= 0.3 is 0 Å². The van der Waals surface area contributed by atoms with Crippen LogP contribution in [-0.2, 0) is 16.4 Å². The molecule has 5 nitrogen and oxygen atoms in total. The van der Waals surface area contributed by atoms with Crippen molar-refractivity contribution in [3.05, 3.63) is 120 Å². The first-order valence-electron chi connectivity index (χ1n) is 12.9. The molecular weight excluding hydrogens is 535 g/mol. The fourth-order valence-electron chi connectivity index (χ4n) is 4.68. The van der Waals surface area contributed by atoms with Crippen LogP contribution in [0.3, 0.4) is 0 Å². The van der Waals surface area contributed by atoms with Crippen molar-refractivity contribution in [2.75, 3.05) is 11.6 Å². The summed E-state index contributed by atoms with van der Waals surface area (Å²) in [6.45, 7) is 2.73. The smallest absolute Gasteiger partial charge is 0.175 e. The van der Waals surface area contributed by atoms with Gasteiger partial charge in [0.1, 0.15) is 10.8 Å². The number of aromatic nitrogens is 2. The Bertz CT molecular complexity index is 1950. The molecule has 0 saturated heterocycles. The molecule has 0 aliphatic heterocycles. The molecule has 6 aromatic rings. The fraction of sp³-hybridized carbons (Fsp3) is 0.0909. The van der Waals surface area contributed by atoms with E-state index in [1.165, 1.54) is 22.6 Å². The molecule has 40 heavy (non-hydrogen) atoms. The molecule has 0 amide bonds. The monoisotopic (exact) mass is 561 g/mol. The highest BCUT2D eigenvalue weighted by Gasteiger charge is 2.18. The van der Waals surface area contributed by atoms with Crippen LogP contribution >= 0.6 is 11.3 Å². The van der Waals surface area contributed by atoms with Crippen LogP contribution in [0.2, 0.25) is 0 Å². The topological polar surface area (TPSA) is 72.0 Å². The molecule has 0 unspecified atom stereocenters. The van der Waals surface area contributed by atoms with Crippen molar-refractivity contribution in [2.45, 2.75) is 18.4 Å². The van der Waals surface area contributed by atoms with Crippen LogP contribution in [0.15, 0.2) is 114 Å². The van der Waals surface area contributed by atoms with E-state index >= 15 is 0 Å². The van der Waals surface area contributed by atoms with Gasteiger partial charge in [-0.3, -0.25) is 0 Å². The molecule has 2 aromatic heterocycles. The summed E-state index contributed by atoms with van der Waals surface area (Å²) in [4.78, 5) is 10.9. The second-order valence-corrected chi connectivity index (χ2v) is 12.8. The van der Waals surface area contributed by atoms with Gasteiger partial charge in [-0.15, -0.1) is 11.3 Å². The van der Waals surface area contributed by atoms with Crippen molar-refractivity contribution >= 4 is 37.8 Å². The summed E-state index contributed by atoms with van der Waals surface area (Å²) >= 11 is 1.59. The highest BCUT2D eigenvalue weighted by atomic mass is 32.2. The lowest BCUT2D eigenvalue weighted by Crippen LogP contribution is -2.01. The predicted octanol–water partition coefficient (Wildman–Crippen LogP) is 8.02. The fourth-order valence-corrected chi connectivity index (χ4v) is 6.40. The maximum absolute atomic E-state index is 11.9. The summed E-state index contributed by atoms with van der Waals surface area (Å²) in [7, 11) is -3.27. The molecular formula is C33H27N3O2S2. The number of hydrogen-bond donors (Lipinski definition) is 1. The Hall–Kier alpha value is -4.33. The molecule has 0 radical (unpaired) electrons. The Kier molecular flexibility index (Phi) is 6.92. The van der Waals surface area contributed by atoms with Crippen LogP contribution in [0.1, 0.15) is 11.1 Å². The summed E-state index contributed by atoms with van der Waals surface area (Å²) in [5, 5.41) is 6.75. The molecule has 4 aromatic carbocycles. The summed E-state index contributed by atoms with van der Waals surface area (Å²) in [5.74, 6) is 0.785. The van der Waals surface area contributed by atoms with Crippen molar-refractivity contribution in [1.82, 2.24) is 9.97 Å². The third kappa shape index (κ3) is 5.52. The third-order valence-corrected chi connectivity index (χ3v) is 9.04. The SMILES string of the molecule is Cc1cccc(-c2nc(-c3ccc(S(C)(=O)=O)cc3)sc2-c2ccnc(NCc3ccc4ccccc4c3)c2)c1. The van der Waals surface area contributed by atoms with E-state index in [2.05, 4.69) is 84.0 Å². The van der Waals surface area contributed by atoms with E-state index in [1.807, 2.05) is 30.5 Å².